The number of hydrogen-bond donors (Lipinski definition) is 1. The quantitative estimate of drug-likeness (QED) is 0.609. The third kappa shape index (κ3) is 4.25. The third-order valence-corrected chi connectivity index (χ3v) is 6.48. The Morgan fingerprint density at radius 1 is 1.00 bits per heavy atom. The van der Waals surface area contributed by atoms with E-state index in [0.29, 0.717) is 22.0 Å². The summed E-state index contributed by atoms with van der Waals surface area (Å²) in [6.07, 6.45) is 4.16. The zero-order valence-corrected chi connectivity index (χ0v) is 19.1. The summed E-state index contributed by atoms with van der Waals surface area (Å²) in [6, 6.07) is 13.5. The van der Waals surface area contributed by atoms with Gasteiger partial charge in [-0.15, -0.1) is 0 Å². The van der Waals surface area contributed by atoms with E-state index in [0.717, 1.165) is 37.1 Å². The highest BCUT2D eigenvalue weighted by Crippen LogP contribution is 2.31. The first kappa shape index (κ1) is 22.4. The van der Waals surface area contributed by atoms with Crippen LogP contribution in [0.15, 0.2) is 59.3 Å². The molecule has 2 aliphatic heterocycles. The van der Waals surface area contributed by atoms with Gasteiger partial charge < -0.3 is 10.2 Å². The van der Waals surface area contributed by atoms with Crippen LogP contribution in [0.1, 0.15) is 43.0 Å². The van der Waals surface area contributed by atoms with Crippen molar-refractivity contribution in [3.05, 3.63) is 69.8 Å². The fourth-order valence-electron chi connectivity index (χ4n) is 4.13. The number of rotatable bonds is 5. The van der Waals surface area contributed by atoms with Gasteiger partial charge >= 0.3 is 0 Å². The third-order valence-electron chi connectivity index (χ3n) is 5.87. The maximum atomic E-state index is 13.0. The van der Waals surface area contributed by atoms with Crippen LogP contribution < -0.4 is 10.2 Å². The van der Waals surface area contributed by atoms with Crippen LogP contribution in [0, 0.1) is 0 Å². The average molecular weight is 472 g/mol. The fraction of sp³-hybridized carbons (Fsp3) is 0.292. The van der Waals surface area contributed by atoms with Crippen molar-refractivity contribution in [2.24, 2.45) is 0 Å². The van der Waals surface area contributed by atoms with Gasteiger partial charge in [-0.3, -0.25) is 14.4 Å². The SMILES string of the molecule is CCC1CCCCN1C(=O)c1ccc(NC2=C(Cl)C(=O)N(c3ccc(Cl)cc3)C2=O)cc1. The van der Waals surface area contributed by atoms with Crippen molar-refractivity contribution in [3.8, 4) is 0 Å². The maximum Gasteiger partial charge on any atom is 0.283 e. The number of nitrogens with zero attached hydrogens (tertiary/aromatic N) is 2. The number of amides is 3. The van der Waals surface area contributed by atoms with Crippen molar-refractivity contribution in [2.75, 3.05) is 16.8 Å². The molecule has 2 heterocycles. The second-order valence-electron chi connectivity index (χ2n) is 7.87. The summed E-state index contributed by atoms with van der Waals surface area (Å²) in [7, 11) is 0. The molecular weight excluding hydrogens is 449 g/mol. The molecule has 4 rings (SSSR count). The summed E-state index contributed by atoms with van der Waals surface area (Å²) in [5.41, 5.74) is 1.52. The van der Waals surface area contributed by atoms with E-state index in [9.17, 15) is 14.4 Å². The zero-order chi connectivity index (χ0) is 22.8. The van der Waals surface area contributed by atoms with E-state index in [-0.39, 0.29) is 22.7 Å². The molecule has 3 amide bonds. The fourth-order valence-corrected chi connectivity index (χ4v) is 4.47. The largest absolute Gasteiger partial charge is 0.350 e. The van der Waals surface area contributed by atoms with Gasteiger partial charge in [0, 0.05) is 28.9 Å². The molecule has 0 aliphatic carbocycles. The lowest BCUT2D eigenvalue weighted by Gasteiger charge is -2.35. The van der Waals surface area contributed by atoms with Crippen LogP contribution in [-0.4, -0.2) is 35.2 Å². The van der Waals surface area contributed by atoms with Crippen LogP contribution in [0.25, 0.3) is 0 Å². The number of imide groups is 1. The molecule has 1 N–H and O–H groups in total. The predicted molar refractivity (Wildman–Crippen MR) is 126 cm³/mol. The molecule has 1 fully saturated rings. The van der Waals surface area contributed by atoms with Crippen LogP contribution in [0.2, 0.25) is 5.02 Å². The number of anilines is 2. The van der Waals surface area contributed by atoms with Gasteiger partial charge in [-0.1, -0.05) is 30.1 Å². The molecule has 2 aromatic rings. The highest BCUT2D eigenvalue weighted by atomic mass is 35.5. The van der Waals surface area contributed by atoms with Gasteiger partial charge in [0.25, 0.3) is 17.7 Å². The van der Waals surface area contributed by atoms with Gasteiger partial charge in [0.05, 0.1) is 5.69 Å². The summed E-state index contributed by atoms with van der Waals surface area (Å²) >= 11 is 12.1. The Labute approximate surface area is 196 Å². The molecule has 0 radical (unpaired) electrons. The first-order chi connectivity index (χ1) is 15.4. The molecule has 32 heavy (non-hydrogen) atoms. The molecule has 1 atom stereocenters. The molecule has 8 heteroatoms. The van der Waals surface area contributed by atoms with Gasteiger partial charge in [-0.2, -0.15) is 0 Å². The van der Waals surface area contributed by atoms with Crippen molar-refractivity contribution in [2.45, 2.75) is 38.6 Å². The second kappa shape index (κ2) is 9.35. The predicted octanol–water partition coefficient (Wildman–Crippen LogP) is 5.18. The number of benzene rings is 2. The summed E-state index contributed by atoms with van der Waals surface area (Å²) < 4.78 is 0. The minimum atomic E-state index is -0.607. The first-order valence-electron chi connectivity index (χ1n) is 10.6. The standard InChI is InChI=1S/C24H23Cl2N3O3/c1-2-18-5-3-4-14-28(18)22(30)15-6-10-17(11-7-15)27-21-20(26)23(31)29(24(21)32)19-12-8-16(25)9-13-19/h6-13,18,27H,2-5,14H2,1H3. The van der Waals surface area contributed by atoms with E-state index in [4.69, 9.17) is 23.2 Å². The van der Waals surface area contributed by atoms with E-state index in [2.05, 4.69) is 12.2 Å². The summed E-state index contributed by atoms with van der Waals surface area (Å²) in [5.74, 6) is -1.15. The lowest BCUT2D eigenvalue weighted by Crippen LogP contribution is -2.43. The van der Waals surface area contributed by atoms with Gasteiger partial charge in [0.1, 0.15) is 10.7 Å². The number of hydrogen-bond acceptors (Lipinski definition) is 4. The minimum Gasteiger partial charge on any atom is -0.350 e. The number of carbonyl (C=O) groups is 3. The number of carbonyl (C=O) groups excluding carboxylic acids is 3. The van der Waals surface area contributed by atoms with Crippen molar-refractivity contribution in [3.63, 3.8) is 0 Å². The molecule has 0 aromatic heterocycles. The number of nitrogens with one attached hydrogen (secondary N) is 1. The normalized spacial score (nSPS) is 19.0. The molecule has 0 bridgehead atoms. The molecular formula is C24H23Cl2N3O3. The lowest BCUT2D eigenvalue weighted by molar-refractivity contribution is -0.120. The highest BCUT2D eigenvalue weighted by Gasteiger charge is 2.39. The lowest BCUT2D eigenvalue weighted by atomic mass is 9.99. The summed E-state index contributed by atoms with van der Waals surface area (Å²) in [5, 5.41) is 3.24. The van der Waals surface area contributed by atoms with Gasteiger partial charge in [-0.25, -0.2) is 4.90 Å². The molecule has 0 saturated carbocycles. The topological polar surface area (TPSA) is 69.7 Å². The first-order valence-corrected chi connectivity index (χ1v) is 11.4. The Balaban J connectivity index is 1.49. The Morgan fingerprint density at radius 2 is 1.69 bits per heavy atom. The van der Waals surface area contributed by atoms with Crippen LogP contribution in [0.5, 0.6) is 0 Å². The van der Waals surface area contributed by atoms with Crippen molar-refractivity contribution in [1.29, 1.82) is 0 Å². The van der Waals surface area contributed by atoms with Crippen LogP contribution in [0.3, 0.4) is 0 Å². The molecule has 166 valence electrons. The molecule has 1 saturated heterocycles. The van der Waals surface area contributed by atoms with Crippen LogP contribution in [-0.2, 0) is 9.59 Å². The number of halogens is 2. The minimum absolute atomic E-state index is 0.00669. The monoisotopic (exact) mass is 471 g/mol. The molecule has 6 nitrogen and oxygen atoms in total. The molecule has 0 spiro atoms. The van der Waals surface area contributed by atoms with E-state index >= 15 is 0 Å². The number of piperidine rings is 1. The second-order valence-corrected chi connectivity index (χ2v) is 8.68. The molecule has 2 aliphatic rings. The van der Waals surface area contributed by atoms with Crippen molar-refractivity contribution < 1.29 is 14.4 Å². The van der Waals surface area contributed by atoms with Gasteiger partial charge in [-0.05, 0) is 74.2 Å². The summed E-state index contributed by atoms with van der Waals surface area (Å²) in [6.45, 7) is 2.88. The van der Waals surface area contributed by atoms with Crippen LogP contribution in [0.4, 0.5) is 11.4 Å². The Hall–Kier alpha value is -2.83. The van der Waals surface area contributed by atoms with Gasteiger partial charge in [0.15, 0.2) is 0 Å². The highest BCUT2D eigenvalue weighted by molar-refractivity contribution is 6.53. The summed E-state index contributed by atoms with van der Waals surface area (Å²) in [4.78, 5) is 41.4. The van der Waals surface area contributed by atoms with Crippen molar-refractivity contribution >= 4 is 52.3 Å². The van der Waals surface area contributed by atoms with E-state index in [1.807, 2.05) is 4.90 Å². The Morgan fingerprint density at radius 3 is 2.34 bits per heavy atom. The van der Waals surface area contributed by atoms with Crippen molar-refractivity contribution in [1.82, 2.24) is 4.90 Å². The van der Waals surface area contributed by atoms with Crippen LogP contribution >= 0.6 is 23.2 Å². The van der Waals surface area contributed by atoms with E-state index in [1.54, 1.807) is 48.5 Å². The van der Waals surface area contributed by atoms with Gasteiger partial charge in [0.2, 0.25) is 0 Å². The Bertz CT molecular complexity index is 1080. The molecule has 1 unspecified atom stereocenters. The zero-order valence-electron chi connectivity index (χ0n) is 17.6. The maximum absolute atomic E-state index is 13.0. The Kier molecular flexibility index (Phi) is 6.53. The van der Waals surface area contributed by atoms with E-state index < -0.39 is 11.8 Å². The number of likely N-dealkylation sites (tertiary alicyclic amines) is 1. The smallest absolute Gasteiger partial charge is 0.283 e. The molecule has 2 aromatic carbocycles. The average Bonchev–Trinajstić information content (AvgIpc) is 3.03. The van der Waals surface area contributed by atoms with E-state index in [1.165, 1.54) is 0 Å².